The number of hydrogen-bond donors (Lipinski definition) is 2. The lowest BCUT2D eigenvalue weighted by Gasteiger charge is -2.38. The van der Waals surface area contributed by atoms with Gasteiger partial charge in [0.1, 0.15) is 35.9 Å². The van der Waals surface area contributed by atoms with E-state index >= 15 is 0 Å². The number of phenolic OH excluding ortho intramolecular Hbond substituents is 1. The molecule has 1 aliphatic rings. The van der Waals surface area contributed by atoms with E-state index in [-0.39, 0.29) is 24.9 Å². The number of nitrogens with zero attached hydrogens (tertiary/aromatic N) is 2. The molecule has 0 bridgehead atoms. The number of hydrogen-bond acceptors (Lipinski definition) is 7. The van der Waals surface area contributed by atoms with Crippen molar-refractivity contribution in [2.45, 2.75) is 70.4 Å². The van der Waals surface area contributed by atoms with Crippen LogP contribution in [0.2, 0.25) is 0 Å². The number of esters is 1. The summed E-state index contributed by atoms with van der Waals surface area (Å²) in [6.45, 7) is 7.31. The highest BCUT2D eigenvalue weighted by Crippen LogP contribution is 2.43. The maximum atomic E-state index is 12.5. The zero-order valence-electron chi connectivity index (χ0n) is 28.9. The van der Waals surface area contributed by atoms with E-state index in [1.807, 2.05) is 31.2 Å². The molecule has 0 radical (unpaired) electrons. The first-order valence-electron chi connectivity index (χ1n) is 16.9. The number of benzene rings is 4. The summed E-state index contributed by atoms with van der Waals surface area (Å²) in [5.74, 6) is 0.717. The summed E-state index contributed by atoms with van der Waals surface area (Å²) >= 11 is 0. The molecular formula is C40H45N3O6P+. The molecule has 0 aliphatic carbocycles. The average Bonchev–Trinajstić information content (AvgIpc) is 3.76. The number of imidazole rings is 1. The van der Waals surface area contributed by atoms with Crippen LogP contribution in [0.3, 0.4) is 0 Å². The molecule has 1 aromatic heterocycles. The second kappa shape index (κ2) is 17.3. The van der Waals surface area contributed by atoms with Gasteiger partial charge in [0.05, 0.1) is 17.9 Å². The SMILES string of the molecule is Cc1nc([C@H]2CC[C@@H](CO[P+](=O)NC(C)C(=O)OC(C)C)O2)cn1C(c1ccccc1)(c1ccccc1)c1ccccc1.Oc1ccccc1. The first kappa shape index (κ1) is 36.6. The molecule has 0 amide bonds. The number of aromatic nitrogens is 2. The number of rotatable bonds is 12. The van der Waals surface area contributed by atoms with Crippen LogP contribution in [-0.4, -0.2) is 45.5 Å². The quantitative estimate of drug-likeness (QED) is 0.0763. The molecule has 1 fully saturated rings. The largest absolute Gasteiger partial charge is 0.613 e. The average molecular weight is 695 g/mol. The standard InChI is InChI=1S/C34H39N3O5P.C6H6O/c1-24(2)41-33(38)25(3)36-43(39)40-23-30-20-21-32(42-30)31-22-37(26(4)35-31)34(27-14-8-5-9-15-27,28-16-10-6-11-17-28)29-18-12-7-13-19-29;7-6-4-2-1-3-5-6/h5-19,22,24-25,30,32H,20-21,23H2,1-4H3,(H,36,39);1-5,7H/q+1;/t25?,30-,32+;/m0./s1. The number of carbonyl (C=O) groups excluding carboxylic acids is 1. The Morgan fingerprint density at radius 3 is 1.84 bits per heavy atom. The van der Waals surface area contributed by atoms with Crippen molar-refractivity contribution >= 4 is 14.1 Å². The smallest absolute Gasteiger partial charge is 0.508 e. The molecule has 6 rings (SSSR count). The molecule has 1 saturated heterocycles. The predicted molar refractivity (Wildman–Crippen MR) is 194 cm³/mol. The van der Waals surface area contributed by atoms with E-state index in [0.717, 1.165) is 41.1 Å². The molecule has 2 N–H and O–H groups in total. The van der Waals surface area contributed by atoms with Crippen molar-refractivity contribution < 1.29 is 28.5 Å². The molecule has 4 aromatic carbocycles. The monoisotopic (exact) mass is 694 g/mol. The fourth-order valence-corrected chi connectivity index (χ4v) is 6.95. The molecule has 4 atom stereocenters. The summed E-state index contributed by atoms with van der Waals surface area (Å²) in [5, 5.41) is 11.3. The van der Waals surface area contributed by atoms with Crippen LogP contribution >= 0.6 is 8.18 Å². The first-order chi connectivity index (χ1) is 24.2. The highest BCUT2D eigenvalue weighted by Gasteiger charge is 2.41. The number of para-hydroxylation sites is 1. The van der Waals surface area contributed by atoms with E-state index in [1.165, 1.54) is 0 Å². The van der Waals surface area contributed by atoms with Crippen LogP contribution in [0.5, 0.6) is 5.75 Å². The highest BCUT2D eigenvalue weighted by atomic mass is 31.1. The van der Waals surface area contributed by atoms with Crippen LogP contribution < -0.4 is 5.09 Å². The molecule has 5 aromatic rings. The fourth-order valence-electron chi connectivity index (χ4n) is 6.15. The molecule has 50 heavy (non-hydrogen) atoms. The van der Waals surface area contributed by atoms with E-state index < -0.39 is 25.7 Å². The predicted octanol–water partition coefficient (Wildman–Crippen LogP) is 8.25. The zero-order valence-corrected chi connectivity index (χ0v) is 29.8. The second-order valence-electron chi connectivity index (χ2n) is 12.4. The number of nitrogens with one attached hydrogen (secondary N) is 1. The van der Waals surface area contributed by atoms with E-state index in [4.69, 9.17) is 24.1 Å². The number of aromatic hydroxyl groups is 1. The fraction of sp³-hybridized carbons (Fsp3) is 0.300. The minimum atomic E-state index is -2.26. The number of carbonyl (C=O) groups is 1. The number of aryl methyl sites for hydroxylation is 1. The van der Waals surface area contributed by atoms with Crippen molar-refractivity contribution in [3.8, 4) is 5.75 Å². The van der Waals surface area contributed by atoms with E-state index in [1.54, 1.807) is 45.0 Å². The molecule has 0 saturated carbocycles. The molecule has 9 nitrogen and oxygen atoms in total. The first-order valence-corrected chi connectivity index (χ1v) is 18.1. The Morgan fingerprint density at radius 1 is 0.880 bits per heavy atom. The Labute approximate surface area is 295 Å². The lowest BCUT2D eigenvalue weighted by atomic mass is 9.76. The number of ether oxygens (including phenoxy) is 2. The van der Waals surface area contributed by atoms with E-state index in [0.29, 0.717) is 5.75 Å². The van der Waals surface area contributed by atoms with Crippen LogP contribution in [0.1, 0.15) is 67.9 Å². The minimum Gasteiger partial charge on any atom is -0.508 e. The van der Waals surface area contributed by atoms with Gasteiger partial charge >= 0.3 is 14.1 Å². The van der Waals surface area contributed by atoms with Gasteiger partial charge < -0.3 is 19.1 Å². The van der Waals surface area contributed by atoms with Gasteiger partial charge in [0.2, 0.25) is 0 Å². The summed E-state index contributed by atoms with van der Waals surface area (Å²) < 4.78 is 31.7. The van der Waals surface area contributed by atoms with Crippen LogP contribution in [0.4, 0.5) is 0 Å². The molecule has 1 aliphatic heterocycles. The Balaban J connectivity index is 0.000000619. The maximum Gasteiger partial charge on any atom is 0.613 e. The van der Waals surface area contributed by atoms with Crippen molar-refractivity contribution in [2.24, 2.45) is 0 Å². The molecule has 0 spiro atoms. The normalized spacial score (nSPS) is 16.7. The van der Waals surface area contributed by atoms with Gasteiger partial charge in [0.25, 0.3) is 0 Å². The minimum absolute atomic E-state index is 0.145. The molecule has 10 heteroatoms. The molecule has 2 unspecified atom stereocenters. The van der Waals surface area contributed by atoms with Gasteiger partial charge in [-0.05, 0) is 73.9 Å². The third-order valence-electron chi connectivity index (χ3n) is 8.41. The Hall–Kier alpha value is -4.66. The molecular weight excluding hydrogens is 649 g/mol. The lowest BCUT2D eigenvalue weighted by Crippen LogP contribution is -2.38. The van der Waals surface area contributed by atoms with Crippen molar-refractivity contribution in [3.05, 3.63) is 156 Å². The van der Waals surface area contributed by atoms with E-state index in [9.17, 15) is 9.36 Å². The maximum absolute atomic E-state index is 12.5. The van der Waals surface area contributed by atoms with Crippen molar-refractivity contribution in [1.29, 1.82) is 0 Å². The van der Waals surface area contributed by atoms with Crippen LogP contribution in [-0.2, 0) is 28.9 Å². The van der Waals surface area contributed by atoms with Crippen LogP contribution in [0.25, 0.3) is 0 Å². The van der Waals surface area contributed by atoms with Gasteiger partial charge in [-0.15, -0.1) is 4.52 Å². The van der Waals surface area contributed by atoms with Crippen LogP contribution in [0.15, 0.2) is 128 Å². The Kier molecular flexibility index (Phi) is 12.7. The molecule has 260 valence electrons. The second-order valence-corrected chi connectivity index (χ2v) is 13.5. The Bertz CT molecular complexity index is 1710. The van der Waals surface area contributed by atoms with Crippen molar-refractivity contribution in [3.63, 3.8) is 0 Å². The summed E-state index contributed by atoms with van der Waals surface area (Å²) in [4.78, 5) is 17.0. The van der Waals surface area contributed by atoms with E-state index in [2.05, 4.69) is 88.6 Å². The van der Waals surface area contributed by atoms with Gasteiger partial charge in [-0.3, -0.25) is 4.79 Å². The summed E-state index contributed by atoms with van der Waals surface area (Å²) in [7, 11) is -2.26. The van der Waals surface area contributed by atoms with Gasteiger partial charge in [-0.1, -0.05) is 114 Å². The summed E-state index contributed by atoms with van der Waals surface area (Å²) in [6.07, 6.45) is 2.91. The Morgan fingerprint density at radius 2 is 1.38 bits per heavy atom. The van der Waals surface area contributed by atoms with Crippen molar-refractivity contribution in [2.75, 3.05) is 6.61 Å². The summed E-state index contributed by atoms with van der Waals surface area (Å²) in [5.41, 5.74) is 3.57. The number of phenols is 1. The summed E-state index contributed by atoms with van der Waals surface area (Å²) in [6, 6.07) is 39.5. The third-order valence-corrected chi connectivity index (χ3v) is 9.39. The highest BCUT2D eigenvalue weighted by molar-refractivity contribution is 7.36. The van der Waals surface area contributed by atoms with Gasteiger partial charge in [0, 0.05) is 6.20 Å². The van der Waals surface area contributed by atoms with Crippen LogP contribution in [0, 0.1) is 6.92 Å². The topological polar surface area (TPSA) is 112 Å². The van der Waals surface area contributed by atoms with Crippen molar-refractivity contribution in [1.82, 2.24) is 14.6 Å². The third kappa shape index (κ3) is 8.92. The van der Waals surface area contributed by atoms with Gasteiger partial charge in [-0.2, -0.15) is 0 Å². The zero-order chi connectivity index (χ0) is 35.5. The lowest BCUT2D eigenvalue weighted by molar-refractivity contribution is -0.149. The van der Waals surface area contributed by atoms with Gasteiger partial charge in [0.15, 0.2) is 0 Å². The molecule has 2 heterocycles. The van der Waals surface area contributed by atoms with Gasteiger partial charge in [-0.25, -0.2) is 4.98 Å².